The molecule has 5 nitrogen and oxygen atoms in total. The van der Waals surface area contributed by atoms with Crippen molar-refractivity contribution in [2.75, 3.05) is 0 Å². The van der Waals surface area contributed by atoms with Crippen LogP contribution < -0.4 is 5.32 Å². The average molecular weight is 322 g/mol. The van der Waals surface area contributed by atoms with Gasteiger partial charge < -0.3 is 5.32 Å². The van der Waals surface area contributed by atoms with Gasteiger partial charge in [-0.1, -0.05) is 37.6 Å². The number of unbranched alkanes of at least 4 members (excludes halogenated alkanes) is 1. The molecule has 0 saturated carbocycles. The lowest BCUT2D eigenvalue weighted by molar-refractivity contribution is 0.0943. The maximum atomic E-state index is 12.5. The standard InChI is InChI=1S/C19H22N4O/c1-3-4-7-15-11-10-14(12-20-15)13-21-19(24)18-16-8-5-6-9-17(16)22-23(18)2/h5-6,8-12H,3-4,7,13H2,1-2H3,(H,21,24). The first-order chi connectivity index (χ1) is 11.7. The Labute approximate surface area is 141 Å². The summed E-state index contributed by atoms with van der Waals surface area (Å²) in [5, 5.41) is 8.20. The highest BCUT2D eigenvalue weighted by Crippen LogP contribution is 2.17. The van der Waals surface area contributed by atoms with E-state index in [0.29, 0.717) is 12.2 Å². The molecule has 2 heterocycles. The van der Waals surface area contributed by atoms with Gasteiger partial charge in [0.05, 0.1) is 5.52 Å². The zero-order chi connectivity index (χ0) is 16.9. The number of rotatable bonds is 6. The fraction of sp³-hybridized carbons (Fsp3) is 0.316. The molecule has 1 N–H and O–H groups in total. The smallest absolute Gasteiger partial charge is 0.270 e. The number of aromatic nitrogens is 3. The fourth-order valence-corrected chi connectivity index (χ4v) is 2.75. The van der Waals surface area contributed by atoms with E-state index in [4.69, 9.17) is 0 Å². The van der Waals surface area contributed by atoms with E-state index in [2.05, 4.69) is 22.3 Å². The Morgan fingerprint density at radius 3 is 2.79 bits per heavy atom. The van der Waals surface area contributed by atoms with Gasteiger partial charge in [0.1, 0.15) is 5.69 Å². The number of pyridine rings is 1. The van der Waals surface area contributed by atoms with E-state index in [-0.39, 0.29) is 5.91 Å². The Kier molecular flexibility index (Phi) is 4.89. The summed E-state index contributed by atoms with van der Waals surface area (Å²) in [6, 6.07) is 11.7. The molecule has 2 aromatic heterocycles. The second kappa shape index (κ2) is 7.25. The van der Waals surface area contributed by atoms with Crippen molar-refractivity contribution in [3.63, 3.8) is 0 Å². The number of nitrogens with zero attached hydrogens (tertiary/aromatic N) is 3. The van der Waals surface area contributed by atoms with Gasteiger partial charge in [0, 0.05) is 30.9 Å². The number of amides is 1. The minimum Gasteiger partial charge on any atom is -0.347 e. The molecule has 24 heavy (non-hydrogen) atoms. The summed E-state index contributed by atoms with van der Waals surface area (Å²) in [7, 11) is 1.79. The Morgan fingerprint density at radius 2 is 2.04 bits per heavy atom. The summed E-state index contributed by atoms with van der Waals surface area (Å²) in [5.41, 5.74) is 3.50. The fourth-order valence-electron chi connectivity index (χ4n) is 2.75. The van der Waals surface area contributed by atoms with Crippen LogP contribution in [0.1, 0.15) is 41.5 Å². The largest absolute Gasteiger partial charge is 0.347 e. The van der Waals surface area contributed by atoms with E-state index in [1.165, 1.54) is 0 Å². The number of benzene rings is 1. The summed E-state index contributed by atoms with van der Waals surface area (Å²) in [6.07, 6.45) is 5.16. The molecule has 0 atom stereocenters. The molecular formula is C19H22N4O. The predicted molar refractivity (Wildman–Crippen MR) is 94.7 cm³/mol. The van der Waals surface area contributed by atoms with Crippen molar-refractivity contribution in [3.8, 4) is 0 Å². The molecule has 1 aromatic carbocycles. The molecule has 0 aliphatic carbocycles. The van der Waals surface area contributed by atoms with Gasteiger partial charge in [-0.25, -0.2) is 0 Å². The molecule has 3 aromatic rings. The normalized spacial score (nSPS) is 10.9. The molecule has 0 aliphatic rings. The van der Waals surface area contributed by atoms with Crippen molar-refractivity contribution in [1.82, 2.24) is 20.1 Å². The molecule has 0 radical (unpaired) electrons. The summed E-state index contributed by atoms with van der Waals surface area (Å²) in [4.78, 5) is 17.0. The van der Waals surface area contributed by atoms with Gasteiger partial charge in [0.15, 0.2) is 0 Å². The van der Waals surface area contributed by atoms with Crippen molar-refractivity contribution >= 4 is 16.8 Å². The Balaban J connectivity index is 1.67. The minimum absolute atomic E-state index is 0.124. The third kappa shape index (κ3) is 3.45. The topological polar surface area (TPSA) is 59.8 Å². The quantitative estimate of drug-likeness (QED) is 0.758. The van der Waals surface area contributed by atoms with Crippen LogP contribution in [0.2, 0.25) is 0 Å². The molecule has 0 unspecified atom stereocenters. The van der Waals surface area contributed by atoms with Gasteiger partial charge in [-0.05, 0) is 30.5 Å². The average Bonchev–Trinajstić information content (AvgIpc) is 2.94. The molecule has 1 amide bonds. The van der Waals surface area contributed by atoms with Crippen molar-refractivity contribution in [2.24, 2.45) is 7.05 Å². The first kappa shape index (κ1) is 16.2. The molecule has 5 heteroatoms. The van der Waals surface area contributed by atoms with Crippen LogP contribution in [0.4, 0.5) is 0 Å². The van der Waals surface area contributed by atoms with Gasteiger partial charge >= 0.3 is 0 Å². The maximum absolute atomic E-state index is 12.5. The zero-order valence-electron chi connectivity index (χ0n) is 14.1. The first-order valence-corrected chi connectivity index (χ1v) is 8.32. The highest BCUT2D eigenvalue weighted by atomic mass is 16.2. The SMILES string of the molecule is CCCCc1ccc(CNC(=O)c2c3ccccc3nn2C)cn1. The second-order valence-electron chi connectivity index (χ2n) is 5.93. The number of fused-ring (bicyclic) bond motifs is 1. The molecule has 0 fully saturated rings. The van der Waals surface area contributed by atoms with Crippen molar-refractivity contribution < 1.29 is 4.79 Å². The third-order valence-electron chi connectivity index (χ3n) is 4.08. The van der Waals surface area contributed by atoms with Crippen LogP contribution in [0.5, 0.6) is 0 Å². The predicted octanol–water partition coefficient (Wildman–Crippen LogP) is 3.24. The van der Waals surface area contributed by atoms with Crippen LogP contribution in [0.15, 0.2) is 42.6 Å². The van der Waals surface area contributed by atoms with Crippen molar-refractivity contribution in [3.05, 3.63) is 59.5 Å². The maximum Gasteiger partial charge on any atom is 0.270 e. The molecular weight excluding hydrogens is 300 g/mol. The van der Waals surface area contributed by atoms with E-state index in [0.717, 1.165) is 41.4 Å². The second-order valence-corrected chi connectivity index (χ2v) is 5.93. The lowest BCUT2D eigenvalue weighted by Crippen LogP contribution is -2.25. The van der Waals surface area contributed by atoms with Gasteiger partial charge in [-0.2, -0.15) is 5.10 Å². The number of carbonyl (C=O) groups excluding carboxylic acids is 1. The van der Waals surface area contributed by atoms with Gasteiger partial charge in [0.2, 0.25) is 0 Å². The van der Waals surface area contributed by atoms with E-state index in [9.17, 15) is 4.79 Å². The minimum atomic E-state index is -0.124. The van der Waals surface area contributed by atoms with E-state index < -0.39 is 0 Å². The van der Waals surface area contributed by atoms with Crippen molar-refractivity contribution in [1.29, 1.82) is 0 Å². The van der Waals surface area contributed by atoms with Crippen molar-refractivity contribution in [2.45, 2.75) is 32.7 Å². The summed E-state index contributed by atoms with van der Waals surface area (Å²) in [6.45, 7) is 2.63. The van der Waals surface area contributed by atoms with Crippen LogP contribution in [-0.4, -0.2) is 20.7 Å². The zero-order valence-corrected chi connectivity index (χ0v) is 14.1. The third-order valence-corrected chi connectivity index (χ3v) is 4.08. The van der Waals surface area contributed by atoms with Gasteiger partial charge in [0.25, 0.3) is 5.91 Å². The van der Waals surface area contributed by atoms with Gasteiger partial charge in [-0.3, -0.25) is 14.5 Å². The number of aryl methyl sites for hydroxylation is 2. The first-order valence-electron chi connectivity index (χ1n) is 8.32. The molecule has 124 valence electrons. The Hall–Kier alpha value is -2.69. The molecule has 0 aliphatic heterocycles. The van der Waals surface area contributed by atoms with E-state index in [1.807, 2.05) is 42.6 Å². The molecule has 0 saturated heterocycles. The number of hydrogen-bond donors (Lipinski definition) is 1. The lowest BCUT2D eigenvalue weighted by atomic mass is 10.1. The number of carbonyl (C=O) groups is 1. The van der Waals surface area contributed by atoms with Crippen LogP contribution >= 0.6 is 0 Å². The Bertz CT molecular complexity index is 836. The molecule has 0 bridgehead atoms. The van der Waals surface area contributed by atoms with Crippen LogP contribution in [0.3, 0.4) is 0 Å². The summed E-state index contributed by atoms with van der Waals surface area (Å²) >= 11 is 0. The summed E-state index contributed by atoms with van der Waals surface area (Å²) < 4.78 is 1.63. The monoisotopic (exact) mass is 322 g/mol. The lowest BCUT2D eigenvalue weighted by Gasteiger charge is -2.07. The van der Waals surface area contributed by atoms with Crippen LogP contribution in [-0.2, 0) is 20.0 Å². The van der Waals surface area contributed by atoms with E-state index in [1.54, 1.807) is 11.7 Å². The van der Waals surface area contributed by atoms with Crippen LogP contribution in [0.25, 0.3) is 10.9 Å². The Morgan fingerprint density at radius 1 is 1.21 bits per heavy atom. The number of nitrogens with one attached hydrogen (secondary N) is 1. The van der Waals surface area contributed by atoms with Crippen LogP contribution in [0, 0.1) is 0 Å². The van der Waals surface area contributed by atoms with E-state index >= 15 is 0 Å². The highest BCUT2D eigenvalue weighted by molar-refractivity contribution is 6.04. The molecule has 3 rings (SSSR count). The highest BCUT2D eigenvalue weighted by Gasteiger charge is 2.15. The molecule has 0 spiro atoms. The summed E-state index contributed by atoms with van der Waals surface area (Å²) in [5.74, 6) is -0.124. The van der Waals surface area contributed by atoms with Gasteiger partial charge in [-0.15, -0.1) is 0 Å². The number of hydrogen-bond acceptors (Lipinski definition) is 3.